The fourth-order valence-corrected chi connectivity index (χ4v) is 2.26. The molecule has 16 heavy (non-hydrogen) atoms. The Bertz CT molecular complexity index is 402. The summed E-state index contributed by atoms with van der Waals surface area (Å²) in [4.78, 5) is 12.8. The van der Waals surface area contributed by atoms with Gasteiger partial charge >= 0.3 is 6.18 Å². The standard InChI is InChI=1S/C10H8F3NOS/c11-10(12,13)7-1-3-8(4-2-7)14-5-6-16-9(14)15/h1-4H,5-6H2. The van der Waals surface area contributed by atoms with Crippen LogP contribution >= 0.6 is 11.8 Å². The van der Waals surface area contributed by atoms with Crippen molar-refractivity contribution in [1.29, 1.82) is 0 Å². The van der Waals surface area contributed by atoms with Crippen LogP contribution in [0.25, 0.3) is 0 Å². The van der Waals surface area contributed by atoms with Crippen molar-refractivity contribution in [2.24, 2.45) is 0 Å². The first-order valence-electron chi connectivity index (χ1n) is 4.60. The second kappa shape index (κ2) is 4.01. The highest BCUT2D eigenvalue weighted by molar-refractivity contribution is 8.14. The number of anilines is 1. The molecule has 86 valence electrons. The van der Waals surface area contributed by atoms with Crippen molar-refractivity contribution >= 4 is 22.7 Å². The van der Waals surface area contributed by atoms with Crippen LogP contribution in [0.3, 0.4) is 0 Å². The molecule has 1 fully saturated rings. The summed E-state index contributed by atoms with van der Waals surface area (Å²) in [5.41, 5.74) is -0.182. The monoisotopic (exact) mass is 247 g/mol. The van der Waals surface area contributed by atoms with Gasteiger partial charge in [-0.1, -0.05) is 11.8 Å². The first-order chi connectivity index (χ1) is 7.48. The summed E-state index contributed by atoms with van der Waals surface area (Å²) in [5.74, 6) is 0.680. The third-order valence-corrected chi connectivity index (χ3v) is 3.12. The summed E-state index contributed by atoms with van der Waals surface area (Å²) >= 11 is 1.17. The molecule has 0 radical (unpaired) electrons. The molecule has 1 aromatic carbocycles. The van der Waals surface area contributed by atoms with E-state index < -0.39 is 11.7 Å². The fraction of sp³-hybridized carbons (Fsp3) is 0.300. The minimum absolute atomic E-state index is 0.111. The van der Waals surface area contributed by atoms with Crippen LogP contribution in [0.2, 0.25) is 0 Å². The molecule has 1 amide bonds. The lowest BCUT2D eigenvalue weighted by Gasteiger charge is -2.15. The topological polar surface area (TPSA) is 20.3 Å². The highest BCUT2D eigenvalue weighted by Crippen LogP contribution is 2.32. The van der Waals surface area contributed by atoms with Gasteiger partial charge in [-0.2, -0.15) is 13.2 Å². The quantitative estimate of drug-likeness (QED) is 0.758. The number of carbonyl (C=O) groups is 1. The van der Waals surface area contributed by atoms with Crippen LogP contribution in [0.1, 0.15) is 5.56 Å². The molecule has 0 aromatic heterocycles. The number of hydrogen-bond acceptors (Lipinski definition) is 2. The van der Waals surface area contributed by atoms with Crippen molar-refractivity contribution < 1.29 is 18.0 Å². The third-order valence-electron chi connectivity index (χ3n) is 2.27. The Balaban J connectivity index is 2.22. The van der Waals surface area contributed by atoms with E-state index in [2.05, 4.69) is 0 Å². The van der Waals surface area contributed by atoms with Crippen LogP contribution in [0.15, 0.2) is 24.3 Å². The van der Waals surface area contributed by atoms with Gasteiger partial charge in [0.2, 0.25) is 0 Å². The number of carbonyl (C=O) groups excluding carboxylic acids is 1. The zero-order chi connectivity index (χ0) is 11.8. The summed E-state index contributed by atoms with van der Waals surface area (Å²) in [7, 11) is 0. The van der Waals surface area contributed by atoms with E-state index in [1.165, 1.54) is 28.8 Å². The molecule has 1 heterocycles. The van der Waals surface area contributed by atoms with Gasteiger partial charge in [0.05, 0.1) is 5.56 Å². The number of hydrogen-bond donors (Lipinski definition) is 0. The second-order valence-electron chi connectivity index (χ2n) is 3.31. The average Bonchev–Trinajstić information content (AvgIpc) is 2.63. The van der Waals surface area contributed by atoms with Crippen molar-refractivity contribution in [1.82, 2.24) is 0 Å². The highest BCUT2D eigenvalue weighted by Gasteiger charge is 2.30. The third kappa shape index (κ3) is 2.16. The molecule has 0 saturated carbocycles. The van der Waals surface area contributed by atoms with E-state index in [1.54, 1.807) is 0 Å². The molecule has 0 bridgehead atoms. The second-order valence-corrected chi connectivity index (χ2v) is 4.36. The van der Waals surface area contributed by atoms with Gasteiger partial charge in [0, 0.05) is 18.0 Å². The van der Waals surface area contributed by atoms with Crippen LogP contribution in [-0.4, -0.2) is 17.5 Å². The average molecular weight is 247 g/mol. The molecule has 1 aromatic rings. The smallest absolute Gasteiger partial charge is 0.302 e. The van der Waals surface area contributed by atoms with Crippen LogP contribution in [0.4, 0.5) is 23.7 Å². The molecule has 2 nitrogen and oxygen atoms in total. The minimum Gasteiger partial charge on any atom is -0.302 e. The number of amides is 1. The molecule has 0 atom stereocenters. The van der Waals surface area contributed by atoms with Gasteiger partial charge < -0.3 is 4.90 Å². The van der Waals surface area contributed by atoms with Crippen LogP contribution in [0.5, 0.6) is 0 Å². The SMILES string of the molecule is O=C1SCCN1c1ccc(C(F)(F)F)cc1. The van der Waals surface area contributed by atoms with E-state index in [0.29, 0.717) is 18.0 Å². The Labute approximate surface area is 94.4 Å². The largest absolute Gasteiger partial charge is 0.416 e. The van der Waals surface area contributed by atoms with Crippen LogP contribution in [0, 0.1) is 0 Å². The van der Waals surface area contributed by atoms with Crippen molar-refractivity contribution in [2.45, 2.75) is 6.18 Å². The molecule has 0 spiro atoms. The number of halogens is 3. The first kappa shape index (κ1) is 11.3. The van der Waals surface area contributed by atoms with Crippen molar-refractivity contribution in [3.05, 3.63) is 29.8 Å². The fourth-order valence-electron chi connectivity index (χ4n) is 1.46. The summed E-state index contributed by atoms with van der Waals surface area (Å²) in [6.45, 7) is 0.550. The van der Waals surface area contributed by atoms with E-state index in [1.807, 2.05) is 0 Å². The van der Waals surface area contributed by atoms with Gasteiger partial charge in [0.1, 0.15) is 0 Å². The first-order valence-corrected chi connectivity index (χ1v) is 5.58. The van der Waals surface area contributed by atoms with E-state index in [9.17, 15) is 18.0 Å². The molecule has 0 aliphatic carbocycles. The van der Waals surface area contributed by atoms with Crippen LogP contribution < -0.4 is 4.90 Å². The Morgan fingerprint density at radius 3 is 2.25 bits per heavy atom. The number of benzene rings is 1. The molecule has 6 heteroatoms. The van der Waals surface area contributed by atoms with E-state index in [-0.39, 0.29) is 5.24 Å². The molecule has 1 aliphatic rings. The molecule has 2 rings (SSSR count). The molecule has 0 N–H and O–H groups in total. The number of nitrogens with zero attached hydrogens (tertiary/aromatic N) is 1. The van der Waals surface area contributed by atoms with Gasteiger partial charge in [-0.05, 0) is 24.3 Å². The Morgan fingerprint density at radius 1 is 1.19 bits per heavy atom. The zero-order valence-electron chi connectivity index (χ0n) is 8.12. The molecular weight excluding hydrogens is 239 g/mol. The summed E-state index contributed by atoms with van der Waals surface area (Å²) in [6, 6.07) is 4.64. The van der Waals surface area contributed by atoms with Crippen molar-refractivity contribution in [3.63, 3.8) is 0 Å². The lowest BCUT2D eigenvalue weighted by molar-refractivity contribution is -0.137. The lowest BCUT2D eigenvalue weighted by atomic mass is 10.2. The maximum Gasteiger partial charge on any atom is 0.416 e. The predicted octanol–water partition coefficient (Wildman–Crippen LogP) is 3.38. The van der Waals surface area contributed by atoms with Crippen molar-refractivity contribution in [2.75, 3.05) is 17.2 Å². The summed E-state index contributed by atoms with van der Waals surface area (Å²) in [5, 5.41) is -0.111. The molecule has 1 saturated heterocycles. The minimum atomic E-state index is -4.33. The van der Waals surface area contributed by atoms with E-state index in [0.717, 1.165) is 12.1 Å². The Morgan fingerprint density at radius 2 is 1.81 bits per heavy atom. The Hall–Kier alpha value is -1.17. The summed E-state index contributed by atoms with van der Waals surface area (Å²) in [6.07, 6.45) is -4.33. The molecule has 1 aliphatic heterocycles. The van der Waals surface area contributed by atoms with Crippen LogP contribution in [-0.2, 0) is 6.18 Å². The van der Waals surface area contributed by atoms with Gasteiger partial charge in [-0.3, -0.25) is 4.79 Å². The maximum atomic E-state index is 12.3. The van der Waals surface area contributed by atoms with Gasteiger partial charge in [-0.25, -0.2) is 0 Å². The Kier molecular flexibility index (Phi) is 2.84. The van der Waals surface area contributed by atoms with E-state index in [4.69, 9.17) is 0 Å². The number of thioether (sulfide) groups is 1. The van der Waals surface area contributed by atoms with Gasteiger partial charge in [0.15, 0.2) is 0 Å². The predicted molar refractivity (Wildman–Crippen MR) is 56.6 cm³/mol. The summed E-state index contributed by atoms with van der Waals surface area (Å²) < 4.78 is 36.9. The number of alkyl halides is 3. The van der Waals surface area contributed by atoms with E-state index >= 15 is 0 Å². The number of rotatable bonds is 1. The zero-order valence-corrected chi connectivity index (χ0v) is 8.94. The van der Waals surface area contributed by atoms with Gasteiger partial charge in [-0.15, -0.1) is 0 Å². The highest BCUT2D eigenvalue weighted by atomic mass is 32.2. The van der Waals surface area contributed by atoms with Gasteiger partial charge in [0.25, 0.3) is 5.24 Å². The molecular formula is C10H8F3NOS. The lowest BCUT2D eigenvalue weighted by Crippen LogP contribution is -2.22. The normalized spacial score (nSPS) is 16.9. The van der Waals surface area contributed by atoms with Crippen molar-refractivity contribution in [3.8, 4) is 0 Å². The molecule has 0 unspecified atom stereocenters. The maximum absolute atomic E-state index is 12.3.